The molecule has 0 radical (unpaired) electrons. The molecule has 2 amide bonds. The maximum Gasteiger partial charge on any atom is 0.244 e. The second-order valence-electron chi connectivity index (χ2n) is 9.50. The van der Waals surface area contributed by atoms with E-state index in [4.69, 9.17) is 0 Å². The summed E-state index contributed by atoms with van der Waals surface area (Å²) in [5.41, 5.74) is 4.02. The summed E-state index contributed by atoms with van der Waals surface area (Å²) in [6.07, 6.45) is 3.89. The zero-order chi connectivity index (χ0) is 24.7. The van der Waals surface area contributed by atoms with Gasteiger partial charge in [-0.05, 0) is 48.2 Å². The predicted octanol–water partition coefficient (Wildman–Crippen LogP) is 4.84. The Morgan fingerprint density at radius 1 is 0.889 bits per heavy atom. The summed E-state index contributed by atoms with van der Waals surface area (Å²) in [6, 6.07) is 28.0. The van der Waals surface area contributed by atoms with Crippen LogP contribution < -0.4 is 5.32 Å². The Kier molecular flexibility index (Phi) is 7.43. The molecule has 0 aliphatic carbocycles. The molecule has 1 saturated heterocycles. The molecule has 1 aromatic heterocycles. The minimum absolute atomic E-state index is 0.000976. The lowest BCUT2D eigenvalue weighted by Gasteiger charge is -2.38. The molecule has 0 unspecified atom stereocenters. The van der Waals surface area contributed by atoms with Gasteiger partial charge in [-0.2, -0.15) is 0 Å². The standard InChI is InChI=1S/C30H32N4O2/c35-29(32-26-11-12-28-25(20-26)13-16-31-28)22-34(30(36)19-23-7-3-1-4-8-23)27-14-17-33(18-15-27)21-24-9-5-2-6-10-24/h1-13,16,20,27,31H,14-15,17-19,21-22H2,(H,32,35). The molecule has 1 fully saturated rings. The van der Waals surface area contributed by atoms with Crippen LogP contribution in [-0.2, 0) is 22.6 Å². The first-order valence-electron chi connectivity index (χ1n) is 12.6. The van der Waals surface area contributed by atoms with Gasteiger partial charge in [0.05, 0.1) is 6.42 Å². The highest BCUT2D eigenvalue weighted by atomic mass is 16.2. The third-order valence-corrected chi connectivity index (χ3v) is 6.92. The summed E-state index contributed by atoms with van der Waals surface area (Å²) in [4.78, 5) is 33.9. The van der Waals surface area contributed by atoms with Gasteiger partial charge in [-0.15, -0.1) is 0 Å². The first-order chi connectivity index (χ1) is 17.6. The van der Waals surface area contributed by atoms with E-state index in [1.807, 2.05) is 66.9 Å². The predicted molar refractivity (Wildman–Crippen MR) is 144 cm³/mol. The van der Waals surface area contributed by atoms with E-state index in [1.54, 1.807) is 4.90 Å². The number of rotatable bonds is 8. The number of hydrogen-bond donors (Lipinski definition) is 2. The van der Waals surface area contributed by atoms with Crippen molar-refractivity contribution in [2.45, 2.75) is 31.8 Å². The Balaban J connectivity index is 1.25. The number of aromatic amines is 1. The Labute approximate surface area is 211 Å². The molecule has 1 aliphatic heterocycles. The number of fused-ring (bicyclic) bond motifs is 1. The Bertz CT molecular complexity index is 1290. The molecule has 1 aliphatic rings. The molecule has 4 aromatic rings. The molecular formula is C30H32N4O2. The van der Waals surface area contributed by atoms with Crippen LogP contribution >= 0.6 is 0 Å². The average molecular weight is 481 g/mol. The topological polar surface area (TPSA) is 68.4 Å². The van der Waals surface area contributed by atoms with E-state index in [9.17, 15) is 9.59 Å². The van der Waals surface area contributed by atoms with Crippen LogP contribution in [-0.4, -0.2) is 52.3 Å². The van der Waals surface area contributed by atoms with Crippen LogP contribution in [0.5, 0.6) is 0 Å². The monoisotopic (exact) mass is 480 g/mol. The first-order valence-corrected chi connectivity index (χ1v) is 12.6. The van der Waals surface area contributed by atoms with Crippen molar-refractivity contribution < 1.29 is 9.59 Å². The van der Waals surface area contributed by atoms with E-state index in [0.717, 1.165) is 54.6 Å². The number of carbonyl (C=O) groups excluding carboxylic acids is 2. The van der Waals surface area contributed by atoms with Crippen LogP contribution in [0.2, 0.25) is 0 Å². The molecule has 0 saturated carbocycles. The number of benzene rings is 3. The van der Waals surface area contributed by atoms with Crippen molar-refractivity contribution >= 4 is 28.4 Å². The van der Waals surface area contributed by atoms with Crippen molar-refractivity contribution in [1.82, 2.24) is 14.8 Å². The minimum atomic E-state index is -0.169. The number of hydrogen-bond acceptors (Lipinski definition) is 3. The molecule has 6 heteroatoms. The normalized spacial score (nSPS) is 14.6. The molecule has 6 nitrogen and oxygen atoms in total. The maximum atomic E-state index is 13.4. The fourth-order valence-electron chi connectivity index (χ4n) is 5.01. The second-order valence-corrected chi connectivity index (χ2v) is 9.50. The van der Waals surface area contributed by atoms with Gasteiger partial charge in [-0.1, -0.05) is 60.7 Å². The fraction of sp³-hybridized carbons (Fsp3) is 0.267. The summed E-state index contributed by atoms with van der Waals surface area (Å²) < 4.78 is 0. The van der Waals surface area contributed by atoms with Crippen LogP contribution in [0.3, 0.4) is 0 Å². The van der Waals surface area contributed by atoms with Crippen molar-refractivity contribution in [3.63, 3.8) is 0 Å². The maximum absolute atomic E-state index is 13.4. The van der Waals surface area contributed by atoms with Crippen LogP contribution in [0.25, 0.3) is 10.9 Å². The number of likely N-dealkylation sites (tertiary alicyclic amines) is 1. The Morgan fingerprint density at radius 2 is 1.58 bits per heavy atom. The highest BCUT2D eigenvalue weighted by Gasteiger charge is 2.29. The summed E-state index contributed by atoms with van der Waals surface area (Å²) in [7, 11) is 0. The van der Waals surface area contributed by atoms with Gasteiger partial charge >= 0.3 is 0 Å². The largest absolute Gasteiger partial charge is 0.361 e. The Morgan fingerprint density at radius 3 is 2.31 bits per heavy atom. The van der Waals surface area contributed by atoms with Crippen LogP contribution in [0.15, 0.2) is 91.1 Å². The number of H-pyrrole nitrogens is 1. The summed E-state index contributed by atoms with van der Waals surface area (Å²) >= 11 is 0. The van der Waals surface area contributed by atoms with E-state index in [1.165, 1.54) is 5.56 Å². The van der Waals surface area contributed by atoms with Gasteiger partial charge in [0, 0.05) is 48.5 Å². The number of aromatic nitrogens is 1. The lowest BCUT2D eigenvalue weighted by atomic mass is 10.0. The highest BCUT2D eigenvalue weighted by molar-refractivity contribution is 5.96. The van der Waals surface area contributed by atoms with Crippen molar-refractivity contribution in [2.75, 3.05) is 25.0 Å². The number of amides is 2. The zero-order valence-corrected chi connectivity index (χ0v) is 20.4. The summed E-state index contributed by atoms with van der Waals surface area (Å²) in [6.45, 7) is 2.77. The SMILES string of the molecule is O=C(CN(C(=O)Cc1ccccc1)C1CCN(Cc2ccccc2)CC1)Nc1ccc2[nH]ccc2c1. The van der Waals surface area contributed by atoms with Crippen molar-refractivity contribution in [2.24, 2.45) is 0 Å². The number of anilines is 1. The fourth-order valence-corrected chi connectivity index (χ4v) is 5.01. The number of nitrogens with one attached hydrogen (secondary N) is 2. The van der Waals surface area contributed by atoms with Gasteiger partial charge in [0.1, 0.15) is 6.54 Å². The highest BCUT2D eigenvalue weighted by Crippen LogP contribution is 2.21. The molecule has 2 N–H and O–H groups in total. The number of piperidine rings is 1. The second kappa shape index (κ2) is 11.2. The average Bonchev–Trinajstić information content (AvgIpc) is 3.37. The quantitative estimate of drug-likeness (QED) is 0.379. The summed E-state index contributed by atoms with van der Waals surface area (Å²) in [5, 5.41) is 4.03. The molecule has 0 atom stereocenters. The molecule has 0 bridgehead atoms. The van der Waals surface area contributed by atoms with Crippen molar-refractivity contribution in [3.8, 4) is 0 Å². The van der Waals surface area contributed by atoms with E-state index >= 15 is 0 Å². The smallest absolute Gasteiger partial charge is 0.244 e. The number of nitrogens with zero attached hydrogens (tertiary/aromatic N) is 2. The minimum Gasteiger partial charge on any atom is -0.361 e. The van der Waals surface area contributed by atoms with Crippen LogP contribution in [0.1, 0.15) is 24.0 Å². The third kappa shape index (κ3) is 6.01. The third-order valence-electron chi connectivity index (χ3n) is 6.92. The lowest BCUT2D eigenvalue weighted by Crippen LogP contribution is -2.50. The zero-order valence-electron chi connectivity index (χ0n) is 20.4. The molecular weight excluding hydrogens is 448 g/mol. The molecule has 5 rings (SSSR count). The lowest BCUT2D eigenvalue weighted by molar-refractivity contribution is -0.137. The van der Waals surface area contributed by atoms with Crippen molar-refractivity contribution in [1.29, 1.82) is 0 Å². The van der Waals surface area contributed by atoms with Crippen LogP contribution in [0.4, 0.5) is 5.69 Å². The van der Waals surface area contributed by atoms with Gasteiger partial charge < -0.3 is 15.2 Å². The van der Waals surface area contributed by atoms with Gasteiger partial charge in [-0.3, -0.25) is 14.5 Å². The van der Waals surface area contributed by atoms with Crippen LogP contribution in [0, 0.1) is 0 Å². The molecule has 0 spiro atoms. The first kappa shape index (κ1) is 23.8. The van der Waals surface area contributed by atoms with Gasteiger partial charge in [0.15, 0.2) is 0 Å². The molecule has 36 heavy (non-hydrogen) atoms. The van der Waals surface area contributed by atoms with Gasteiger partial charge in [0.2, 0.25) is 11.8 Å². The summed E-state index contributed by atoms with van der Waals surface area (Å²) in [5.74, 6) is -0.169. The van der Waals surface area contributed by atoms with E-state index < -0.39 is 0 Å². The van der Waals surface area contributed by atoms with Crippen molar-refractivity contribution in [3.05, 3.63) is 102 Å². The van der Waals surface area contributed by atoms with Gasteiger partial charge in [-0.25, -0.2) is 0 Å². The number of carbonyl (C=O) groups is 2. The molecule has 2 heterocycles. The van der Waals surface area contributed by atoms with E-state index in [0.29, 0.717) is 6.42 Å². The van der Waals surface area contributed by atoms with E-state index in [-0.39, 0.29) is 24.4 Å². The molecule has 3 aromatic carbocycles. The Hall–Kier alpha value is -3.90. The van der Waals surface area contributed by atoms with E-state index in [2.05, 4.69) is 39.5 Å². The van der Waals surface area contributed by atoms with Gasteiger partial charge in [0.25, 0.3) is 0 Å². The molecule has 184 valence electrons.